The van der Waals surface area contributed by atoms with Crippen molar-refractivity contribution >= 4 is 23.4 Å². The first kappa shape index (κ1) is 11.8. The van der Waals surface area contributed by atoms with Crippen LogP contribution >= 0.6 is 23.4 Å². The molecular weight excluding hydrogens is 258 g/mol. The average Bonchev–Trinajstić information content (AvgIpc) is 2.99. The van der Waals surface area contributed by atoms with Crippen molar-refractivity contribution in [3.63, 3.8) is 0 Å². The van der Waals surface area contributed by atoms with E-state index < -0.39 is 0 Å². The minimum atomic E-state index is 0.0979. The Morgan fingerprint density at radius 2 is 2.59 bits per heavy atom. The second kappa shape index (κ2) is 4.78. The van der Waals surface area contributed by atoms with Crippen LogP contribution in [0.5, 0.6) is 0 Å². The highest BCUT2D eigenvalue weighted by Crippen LogP contribution is 2.41. The fourth-order valence-corrected chi connectivity index (χ4v) is 4.14. The maximum atomic E-state index is 6.00. The minimum absolute atomic E-state index is 0.0979. The van der Waals surface area contributed by atoms with Gasteiger partial charge in [-0.1, -0.05) is 5.21 Å². The molecule has 0 radical (unpaired) electrons. The van der Waals surface area contributed by atoms with E-state index in [1.807, 2.05) is 22.6 Å². The number of ether oxygens (including phenoxy) is 1. The van der Waals surface area contributed by atoms with Gasteiger partial charge in [0.05, 0.1) is 23.2 Å². The lowest BCUT2D eigenvalue weighted by atomic mass is 9.90. The van der Waals surface area contributed by atoms with Crippen molar-refractivity contribution in [3.05, 3.63) is 11.9 Å². The summed E-state index contributed by atoms with van der Waals surface area (Å²) in [5, 5.41) is 8.25. The molecule has 2 unspecified atom stereocenters. The number of aromatic nitrogens is 3. The average molecular weight is 274 g/mol. The molecule has 0 aliphatic carbocycles. The molecule has 2 atom stereocenters. The molecule has 4 nitrogen and oxygen atoms in total. The van der Waals surface area contributed by atoms with Gasteiger partial charge in [0, 0.05) is 18.6 Å². The molecule has 3 rings (SSSR count). The molecule has 6 heteroatoms. The molecule has 0 saturated carbocycles. The minimum Gasteiger partial charge on any atom is -0.374 e. The largest absolute Gasteiger partial charge is 0.374 e. The predicted molar refractivity (Wildman–Crippen MR) is 68.5 cm³/mol. The highest BCUT2D eigenvalue weighted by Gasteiger charge is 2.41. The molecule has 0 aromatic carbocycles. The van der Waals surface area contributed by atoms with Crippen LogP contribution in [0.15, 0.2) is 6.20 Å². The zero-order valence-electron chi connectivity index (χ0n) is 9.64. The first-order valence-corrected chi connectivity index (χ1v) is 7.69. The van der Waals surface area contributed by atoms with E-state index in [9.17, 15) is 0 Å². The van der Waals surface area contributed by atoms with Crippen LogP contribution in [0.25, 0.3) is 0 Å². The quantitative estimate of drug-likeness (QED) is 0.775. The lowest BCUT2D eigenvalue weighted by molar-refractivity contribution is -0.0780. The molecule has 17 heavy (non-hydrogen) atoms. The summed E-state index contributed by atoms with van der Waals surface area (Å²) >= 11 is 7.75. The van der Waals surface area contributed by atoms with Crippen LogP contribution in [0.4, 0.5) is 0 Å². The lowest BCUT2D eigenvalue weighted by Crippen LogP contribution is -2.40. The van der Waals surface area contributed by atoms with Crippen molar-refractivity contribution in [1.29, 1.82) is 0 Å². The van der Waals surface area contributed by atoms with Crippen molar-refractivity contribution in [3.8, 4) is 0 Å². The summed E-state index contributed by atoms with van der Waals surface area (Å²) < 4.78 is 7.98. The van der Waals surface area contributed by atoms with Crippen molar-refractivity contribution in [2.75, 3.05) is 18.1 Å². The molecule has 1 aromatic heterocycles. The van der Waals surface area contributed by atoms with E-state index in [2.05, 4.69) is 10.3 Å². The molecule has 0 N–H and O–H groups in total. The fourth-order valence-electron chi connectivity index (χ4n) is 2.64. The summed E-state index contributed by atoms with van der Waals surface area (Å²) in [6.45, 7) is 0.835. The highest BCUT2D eigenvalue weighted by atomic mass is 35.5. The van der Waals surface area contributed by atoms with Crippen LogP contribution in [-0.4, -0.2) is 38.7 Å². The molecule has 2 aliphatic rings. The molecule has 0 bridgehead atoms. The van der Waals surface area contributed by atoms with Crippen molar-refractivity contribution in [2.45, 2.75) is 36.8 Å². The van der Waals surface area contributed by atoms with Crippen molar-refractivity contribution in [2.24, 2.45) is 0 Å². The van der Waals surface area contributed by atoms with Gasteiger partial charge in [-0.3, -0.25) is 0 Å². The van der Waals surface area contributed by atoms with Crippen LogP contribution in [0.3, 0.4) is 0 Å². The van der Waals surface area contributed by atoms with Gasteiger partial charge in [0.25, 0.3) is 0 Å². The van der Waals surface area contributed by atoms with Crippen LogP contribution in [-0.2, 0) is 10.6 Å². The van der Waals surface area contributed by atoms with Crippen LogP contribution < -0.4 is 0 Å². The number of thioether (sulfide) groups is 1. The van der Waals surface area contributed by atoms with Crippen molar-refractivity contribution in [1.82, 2.24) is 15.0 Å². The summed E-state index contributed by atoms with van der Waals surface area (Å²) in [6, 6.07) is 0.423. The Labute approximate surface area is 110 Å². The smallest absolute Gasteiger partial charge is 0.0974 e. The van der Waals surface area contributed by atoms with Gasteiger partial charge < -0.3 is 4.74 Å². The van der Waals surface area contributed by atoms with E-state index in [-0.39, 0.29) is 5.60 Å². The number of hydrogen-bond acceptors (Lipinski definition) is 4. The molecule has 2 aliphatic heterocycles. The summed E-state index contributed by atoms with van der Waals surface area (Å²) in [5.41, 5.74) is 0.953. The Hall–Kier alpha value is -0.260. The van der Waals surface area contributed by atoms with Gasteiger partial charge in [0.2, 0.25) is 0 Å². The number of hydrogen-bond donors (Lipinski definition) is 0. The zero-order chi connectivity index (χ0) is 11.7. The molecule has 94 valence electrons. The fraction of sp³-hybridized carbons (Fsp3) is 0.818. The highest BCUT2D eigenvalue weighted by molar-refractivity contribution is 7.99. The Morgan fingerprint density at radius 1 is 1.65 bits per heavy atom. The monoisotopic (exact) mass is 273 g/mol. The molecule has 1 spiro atoms. The van der Waals surface area contributed by atoms with Gasteiger partial charge in [-0.05, 0) is 25.0 Å². The first-order chi connectivity index (χ1) is 8.31. The molecular formula is C11H16ClN3OS. The SMILES string of the molecule is ClCc1cn(C2CCOC3(CCSC3)C2)nn1. The summed E-state index contributed by atoms with van der Waals surface area (Å²) in [4.78, 5) is 0. The van der Waals surface area contributed by atoms with E-state index in [1.54, 1.807) is 0 Å². The predicted octanol–water partition coefficient (Wildman–Crippen LogP) is 2.24. The third-order valence-electron chi connectivity index (χ3n) is 3.60. The maximum Gasteiger partial charge on any atom is 0.0974 e. The Morgan fingerprint density at radius 3 is 3.29 bits per heavy atom. The second-order valence-electron chi connectivity index (χ2n) is 4.80. The van der Waals surface area contributed by atoms with E-state index >= 15 is 0 Å². The van der Waals surface area contributed by atoms with Gasteiger partial charge in [-0.15, -0.1) is 16.7 Å². The Kier molecular flexibility index (Phi) is 3.32. The van der Waals surface area contributed by atoms with Gasteiger partial charge in [0.15, 0.2) is 0 Å². The first-order valence-electron chi connectivity index (χ1n) is 6.00. The topological polar surface area (TPSA) is 39.9 Å². The molecule has 3 heterocycles. The molecule has 2 saturated heterocycles. The van der Waals surface area contributed by atoms with E-state index in [1.165, 1.54) is 12.2 Å². The van der Waals surface area contributed by atoms with E-state index in [0.717, 1.165) is 30.9 Å². The van der Waals surface area contributed by atoms with E-state index in [4.69, 9.17) is 16.3 Å². The normalized spacial score (nSPS) is 33.4. The van der Waals surface area contributed by atoms with Gasteiger partial charge in [0.1, 0.15) is 0 Å². The number of halogens is 1. The van der Waals surface area contributed by atoms with Crippen molar-refractivity contribution < 1.29 is 4.74 Å². The van der Waals surface area contributed by atoms with Gasteiger partial charge in [-0.25, -0.2) is 4.68 Å². The number of rotatable bonds is 2. The maximum absolute atomic E-state index is 6.00. The van der Waals surface area contributed by atoms with Crippen LogP contribution in [0, 0.1) is 0 Å². The Bertz CT molecular complexity index is 392. The standard InChI is InChI=1S/C11H16ClN3OS/c12-6-9-7-15(14-13-9)10-1-3-16-11(5-10)2-4-17-8-11/h7,10H,1-6,8H2. The van der Waals surface area contributed by atoms with Crippen LogP contribution in [0.1, 0.15) is 31.0 Å². The zero-order valence-corrected chi connectivity index (χ0v) is 11.2. The summed E-state index contributed by atoms with van der Waals surface area (Å²) in [7, 11) is 0. The Balaban J connectivity index is 1.74. The number of nitrogens with zero attached hydrogens (tertiary/aromatic N) is 3. The summed E-state index contributed by atoms with van der Waals surface area (Å²) in [6.07, 6.45) is 5.23. The third-order valence-corrected chi connectivity index (χ3v) is 5.10. The lowest BCUT2D eigenvalue weighted by Gasteiger charge is -2.37. The summed E-state index contributed by atoms with van der Waals surface area (Å²) in [5.74, 6) is 2.78. The molecule has 1 aromatic rings. The third kappa shape index (κ3) is 2.33. The van der Waals surface area contributed by atoms with Gasteiger partial charge in [-0.2, -0.15) is 11.8 Å². The number of alkyl halides is 1. The van der Waals surface area contributed by atoms with Crippen LogP contribution in [0.2, 0.25) is 0 Å². The van der Waals surface area contributed by atoms with Gasteiger partial charge >= 0.3 is 0 Å². The second-order valence-corrected chi connectivity index (χ2v) is 6.18. The van der Waals surface area contributed by atoms with E-state index in [0.29, 0.717) is 11.9 Å². The molecule has 0 amide bonds. The molecule has 2 fully saturated rings.